The minimum atomic E-state index is -5.07. The van der Waals surface area contributed by atoms with Gasteiger partial charge in [-0.25, -0.2) is 0 Å². The Labute approximate surface area is 123 Å². The second-order valence-corrected chi connectivity index (χ2v) is 6.60. The molecule has 118 valence electrons. The van der Waals surface area contributed by atoms with Crippen molar-refractivity contribution in [2.24, 2.45) is 5.73 Å². The number of esters is 1. The van der Waals surface area contributed by atoms with E-state index in [1.165, 1.54) is 24.3 Å². The summed E-state index contributed by atoms with van der Waals surface area (Å²) in [5.74, 6) is -0.607. The second kappa shape index (κ2) is 6.58. The number of phosphoric ester groups is 1. The Kier molecular flexibility index (Phi) is 5.53. The topological polar surface area (TPSA) is 125 Å². The first-order valence-corrected chi connectivity index (χ1v) is 7.71. The van der Waals surface area contributed by atoms with Crippen molar-refractivity contribution in [3.8, 4) is 5.75 Å². The first-order chi connectivity index (χ1) is 9.46. The molecule has 1 atom stereocenters. The lowest BCUT2D eigenvalue weighted by molar-refractivity contribution is -0.333. The maximum Gasteiger partial charge on any atom is 0.323 e. The number of ether oxygens (including phenoxy) is 1. The molecule has 8 heteroatoms. The highest BCUT2D eigenvalue weighted by Crippen LogP contribution is 2.29. The minimum Gasteiger partial charge on any atom is -0.780 e. The van der Waals surface area contributed by atoms with E-state index in [1.54, 1.807) is 20.8 Å². The maximum atomic E-state index is 11.7. The molecule has 1 rings (SSSR count). The summed E-state index contributed by atoms with van der Waals surface area (Å²) >= 11 is 0. The van der Waals surface area contributed by atoms with Gasteiger partial charge in [-0.15, -0.1) is 0 Å². The Balaban J connectivity index is 2.63. The predicted molar refractivity (Wildman–Crippen MR) is 72.2 cm³/mol. The number of nitrogens with two attached hydrogens (primary N) is 1. The van der Waals surface area contributed by atoms with Gasteiger partial charge < -0.3 is 29.3 Å². The van der Waals surface area contributed by atoms with Crippen molar-refractivity contribution in [2.45, 2.75) is 38.8 Å². The fraction of sp³-hybridized carbons (Fsp3) is 0.462. The molecule has 0 fully saturated rings. The zero-order valence-corrected chi connectivity index (χ0v) is 13.0. The Bertz CT molecular complexity index is 531. The van der Waals surface area contributed by atoms with E-state index in [0.29, 0.717) is 5.56 Å². The lowest BCUT2D eigenvalue weighted by atomic mass is 10.1. The third kappa shape index (κ3) is 7.24. The summed E-state index contributed by atoms with van der Waals surface area (Å²) < 4.78 is 19.8. The average Bonchev–Trinajstić information content (AvgIpc) is 2.27. The van der Waals surface area contributed by atoms with Gasteiger partial charge in [0.25, 0.3) is 0 Å². The molecule has 21 heavy (non-hydrogen) atoms. The van der Waals surface area contributed by atoms with E-state index < -0.39 is 25.4 Å². The molecule has 0 radical (unpaired) electrons. The van der Waals surface area contributed by atoms with Gasteiger partial charge in [-0.05, 0) is 44.9 Å². The molecule has 0 aliphatic carbocycles. The number of hydrogen-bond acceptors (Lipinski definition) is 7. The highest BCUT2D eigenvalue weighted by molar-refractivity contribution is 7.43. The Morgan fingerprint density at radius 2 is 1.81 bits per heavy atom. The molecular formula is C13H18NO6P-2. The SMILES string of the molecule is CC(C)(C)OC(=O)C(N)Cc1ccc(OP(=O)([O-])[O-])cc1. The number of carbonyl (C=O) groups is 1. The van der Waals surface area contributed by atoms with Gasteiger partial charge in [-0.3, -0.25) is 4.79 Å². The third-order valence-corrected chi connectivity index (χ3v) is 2.74. The summed E-state index contributed by atoms with van der Waals surface area (Å²) in [4.78, 5) is 32.6. The zero-order valence-electron chi connectivity index (χ0n) is 12.1. The largest absolute Gasteiger partial charge is 0.780 e. The van der Waals surface area contributed by atoms with Gasteiger partial charge in [0.15, 0.2) is 0 Å². The van der Waals surface area contributed by atoms with Crippen molar-refractivity contribution in [1.29, 1.82) is 0 Å². The zero-order chi connectivity index (χ0) is 16.3. The summed E-state index contributed by atoms with van der Waals surface area (Å²) in [6, 6.07) is 4.85. The molecule has 0 aliphatic heterocycles. The molecule has 1 unspecified atom stereocenters. The van der Waals surface area contributed by atoms with Gasteiger partial charge in [0.05, 0.1) is 0 Å². The van der Waals surface area contributed by atoms with Gasteiger partial charge in [-0.1, -0.05) is 12.1 Å². The summed E-state index contributed by atoms with van der Waals surface area (Å²) in [5, 5.41) is 0. The number of hydrogen-bond donors (Lipinski definition) is 1. The van der Waals surface area contributed by atoms with E-state index in [-0.39, 0.29) is 12.2 Å². The first-order valence-electron chi connectivity index (χ1n) is 6.25. The molecule has 1 aromatic rings. The van der Waals surface area contributed by atoms with Crippen LogP contribution in [0.2, 0.25) is 0 Å². The van der Waals surface area contributed by atoms with Crippen LogP contribution in [-0.2, 0) is 20.5 Å². The van der Waals surface area contributed by atoms with Crippen LogP contribution in [0.25, 0.3) is 0 Å². The van der Waals surface area contributed by atoms with E-state index in [9.17, 15) is 19.1 Å². The molecule has 2 N–H and O–H groups in total. The van der Waals surface area contributed by atoms with Crippen LogP contribution in [-0.4, -0.2) is 17.6 Å². The molecule has 0 amide bonds. The minimum absolute atomic E-state index is 0.0853. The monoisotopic (exact) mass is 315 g/mol. The van der Waals surface area contributed by atoms with Gasteiger partial charge in [0.1, 0.15) is 25.2 Å². The van der Waals surface area contributed by atoms with Crippen molar-refractivity contribution >= 4 is 13.8 Å². The van der Waals surface area contributed by atoms with Gasteiger partial charge >= 0.3 is 5.97 Å². The molecule has 0 saturated carbocycles. The fourth-order valence-corrected chi connectivity index (χ4v) is 1.91. The molecule has 0 aliphatic rings. The van der Waals surface area contributed by atoms with Crippen LogP contribution in [0.1, 0.15) is 26.3 Å². The highest BCUT2D eigenvalue weighted by atomic mass is 31.2. The fourth-order valence-electron chi connectivity index (χ4n) is 1.53. The first kappa shape index (κ1) is 17.7. The predicted octanol–water partition coefficient (Wildman–Crippen LogP) is 0.106. The smallest absolute Gasteiger partial charge is 0.323 e. The third-order valence-electron chi connectivity index (χ3n) is 2.31. The summed E-state index contributed by atoms with van der Waals surface area (Å²) in [6.45, 7) is 5.23. The highest BCUT2D eigenvalue weighted by Gasteiger charge is 2.22. The number of benzene rings is 1. The number of rotatable bonds is 5. The van der Waals surface area contributed by atoms with Crippen molar-refractivity contribution < 1.29 is 28.4 Å². The molecular weight excluding hydrogens is 297 g/mol. The Morgan fingerprint density at radius 1 is 1.29 bits per heavy atom. The standard InChI is InChI=1S/C13H20NO6P/c1-13(2,3)19-12(15)11(14)8-9-4-6-10(7-5-9)20-21(16,17)18/h4-7,11H,8,14H2,1-3H3,(H2,16,17,18)/p-2. The normalized spacial score (nSPS) is 13.6. The Morgan fingerprint density at radius 3 is 2.24 bits per heavy atom. The summed E-state index contributed by atoms with van der Waals surface area (Å²) in [5.41, 5.74) is 5.82. The van der Waals surface area contributed by atoms with E-state index in [0.717, 1.165) is 0 Å². The molecule has 1 aromatic carbocycles. The van der Waals surface area contributed by atoms with Crippen LogP contribution in [0.5, 0.6) is 5.75 Å². The van der Waals surface area contributed by atoms with Crippen LogP contribution in [0.15, 0.2) is 24.3 Å². The quantitative estimate of drug-likeness (QED) is 0.603. The van der Waals surface area contributed by atoms with Crippen LogP contribution in [0.3, 0.4) is 0 Å². The van der Waals surface area contributed by atoms with Crippen LogP contribution < -0.4 is 20.0 Å². The van der Waals surface area contributed by atoms with Crippen LogP contribution >= 0.6 is 7.82 Å². The van der Waals surface area contributed by atoms with E-state index in [1.807, 2.05) is 0 Å². The molecule has 0 spiro atoms. The summed E-state index contributed by atoms with van der Waals surface area (Å²) in [7, 11) is -5.07. The molecule has 0 bridgehead atoms. The average molecular weight is 315 g/mol. The van der Waals surface area contributed by atoms with Crippen molar-refractivity contribution in [3.63, 3.8) is 0 Å². The van der Waals surface area contributed by atoms with Gasteiger partial charge in [0.2, 0.25) is 0 Å². The van der Waals surface area contributed by atoms with E-state index >= 15 is 0 Å². The van der Waals surface area contributed by atoms with Crippen LogP contribution in [0, 0.1) is 0 Å². The van der Waals surface area contributed by atoms with Gasteiger partial charge in [-0.2, -0.15) is 0 Å². The molecule has 0 aromatic heterocycles. The Hall–Kier alpha value is -1.40. The second-order valence-electron chi connectivity index (χ2n) is 5.53. The summed E-state index contributed by atoms with van der Waals surface area (Å²) in [6.07, 6.45) is 0.224. The molecule has 0 heterocycles. The van der Waals surface area contributed by atoms with Crippen LogP contribution in [0.4, 0.5) is 0 Å². The van der Waals surface area contributed by atoms with Crippen molar-refractivity contribution in [3.05, 3.63) is 29.8 Å². The molecule has 7 nitrogen and oxygen atoms in total. The van der Waals surface area contributed by atoms with Crippen molar-refractivity contribution in [1.82, 2.24) is 0 Å². The molecule has 0 saturated heterocycles. The maximum absolute atomic E-state index is 11.7. The number of carbonyl (C=O) groups excluding carboxylic acids is 1. The van der Waals surface area contributed by atoms with Crippen molar-refractivity contribution in [2.75, 3.05) is 0 Å². The lowest BCUT2D eigenvalue weighted by Gasteiger charge is -2.29. The van der Waals surface area contributed by atoms with E-state index in [2.05, 4.69) is 4.52 Å². The lowest BCUT2D eigenvalue weighted by Crippen LogP contribution is -2.38. The number of phosphoric acid groups is 1. The van der Waals surface area contributed by atoms with E-state index in [4.69, 9.17) is 10.5 Å². The van der Waals surface area contributed by atoms with Gasteiger partial charge in [0, 0.05) is 0 Å².